The Morgan fingerprint density at radius 1 is 1.06 bits per heavy atom. The smallest absolute Gasteiger partial charge is 0.228 e. The summed E-state index contributed by atoms with van der Waals surface area (Å²) in [5.74, 6) is 0.489. The normalized spacial score (nSPS) is 21.8. The van der Waals surface area contributed by atoms with Crippen LogP contribution in [-0.4, -0.2) is 41.3 Å². The quantitative estimate of drug-likeness (QED) is 0.723. The topological polar surface area (TPSA) is 62.3 Å². The number of nitrogens with zero attached hydrogens (tertiary/aromatic N) is 2. The van der Waals surface area contributed by atoms with Gasteiger partial charge in [-0.15, -0.1) is 0 Å². The van der Waals surface area contributed by atoms with Crippen molar-refractivity contribution in [2.45, 2.75) is 58.3 Å². The third kappa shape index (κ3) is 5.03. The first kappa shape index (κ1) is 22.5. The van der Waals surface area contributed by atoms with Gasteiger partial charge < -0.3 is 10.2 Å². The minimum absolute atomic E-state index is 0.0791. The Balaban J connectivity index is 1.58. The maximum atomic E-state index is 13.4. The van der Waals surface area contributed by atoms with Crippen LogP contribution in [0.1, 0.15) is 57.4 Å². The summed E-state index contributed by atoms with van der Waals surface area (Å²) in [6.45, 7) is 3.86. The van der Waals surface area contributed by atoms with Gasteiger partial charge in [-0.3, -0.25) is 14.6 Å². The highest BCUT2D eigenvalue weighted by Crippen LogP contribution is 2.37. The van der Waals surface area contributed by atoms with E-state index < -0.39 is 5.41 Å². The number of hydrogen-bond acceptors (Lipinski definition) is 3. The van der Waals surface area contributed by atoms with Crippen molar-refractivity contribution in [1.29, 1.82) is 0 Å². The molecule has 0 radical (unpaired) electrons. The zero-order chi connectivity index (χ0) is 22.4. The van der Waals surface area contributed by atoms with E-state index in [0.717, 1.165) is 61.8 Å². The first-order valence-electron chi connectivity index (χ1n) is 12.2. The number of carbonyl (C=O) groups excluding carboxylic acids is 2. The van der Waals surface area contributed by atoms with Crippen molar-refractivity contribution in [1.82, 2.24) is 15.2 Å². The van der Waals surface area contributed by atoms with Crippen LogP contribution in [0.15, 0.2) is 48.8 Å². The molecule has 1 atom stereocenters. The molecular weight excluding hydrogens is 398 g/mol. The molecule has 1 aromatic heterocycles. The molecule has 170 valence electrons. The highest BCUT2D eigenvalue weighted by molar-refractivity contribution is 5.85. The van der Waals surface area contributed by atoms with Gasteiger partial charge in [-0.2, -0.15) is 0 Å². The van der Waals surface area contributed by atoms with E-state index in [1.165, 1.54) is 6.42 Å². The standard InChI is InChI=1S/C27H35N3O2/c1-2-29-26(32)27(14-7-17-30(20-27)25(31)23-9-4-3-5-10-23)19-21-8-6-11-24(18-21)22-12-15-28-16-13-22/h6,8,11-13,15-16,18,23H,2-5,7,9-10,14,17,19-20H2,1H3,(H,29,32). The summed E-state index contributed by atoms with van der Waals surface area (Å²) in [5.41, 5.74) is 2.81. The van der Waals surface area contributed by atoms with E-state index in [-0.39, 0.29) is 17.7 Å². The number of piperidine rings is 1. The fourth-order valence-corrected chi connectivity index (χ4v) is 5.48. The Kier molecular flexibility index (Phi) is 7.23. The fraction of sp³-hybridized carbons (Fsp3) is 0.519. The van der Waals surface area contributed by atoms with E-state index in [1.807, 2.05) is 24.0 Å². The van der Waals surface area contributed by atoms with Crippen molar-refractivity contribution in [2.24, 2.45) is 11.3 Å². The zero-order valence-corrected chi connectivity index (χ0v) is 19.2. The SMILES string of the molecule is CCNC(=O)C1(Cc2cccc(-c3ccncc3)c2)CCCN(C(=O)C2CCCCC2)C1. The minimum atomic E-state index is -0.574. The molecule has 4 rings (SSSR count). The molecule has 1 aliphatic carbocycles. The molecule has 2 aromatic rings. The first-order valence-corrected chi connectivity index (χ1v) is 12.2. The van der Waals surface area contributed by atoms with Crippen molar-refractivity contribution < 1.29 is 9.59 Å². The molecule has 1 unspecified atom stereocenters. The average molecular weight is 434 g/mol. The number of carbonyl (C=O) groups is 2. The van der Waals surface area contributed by atoms with E-state index >= 15 is 0 Å². The lowest BCUT2D eigenvalue weighted by Crippen LogP contribution is -2.55. The van der Waals surface area contributed by atoms with Crippen LogP contribution in [-0.2, 0) is 16.0 Å². The summed E-state index contributed by atoms with van der Waals surface area (Å²) in [5, 5.41) is 3.08. The van der Waals surface area contributed by atoms with Crippen LogP contribution in [0.3, 0.4) is 0 Å². The molecule has 2 heterocycles. The van der Waals surface area contributed by atoms with Crippen molar-refractivity contribution >= 4 is 11.8 Å². The van der Waals surface area contributed by atoms with Gasteiger partial charge in [0.25, 0.3) is 0 Å². The summed E-state index contributed by atoms with van der Waals surface area (Å²) in [7, 11) is 0. The van der Waals surface area contributed by atoms with Gasteiger partial charge in [0.15, 0.2) is 0 Å². The predicted octanol–water partition coefficient (Wildman–Crippen LogP) is 4.62. The number of nitrogens with one attached hydrogen (secondary N) is 1. The molecule has 2 aliphatic rings. The molecule has 1 saturated carbocycles. The molecule has 1 aromatic carbocycles. The Bertz CT molecular complexity index is 924. The third-order valence-corrected chi connectivity index (χ3v) is 7.15. The van der Waals surface area contributed by atoms with Crippen molar-refractivity contribution in [3.8, 4) is 11.1 Å². The van der Waals surface area contributed by atoms with E-state index in [1.54, 1.807) is 12.4 Å². The molecule has 1 N–H and O–H groups in total. The molecule has 0 spiro atoms. The number of amides is 2. The number of pyridine rings is 1. The van der Waals surface area contributed by atoms with Crippen molar-refractivity contribution in [2.75, 3.05) is 19.6 Å². The van der Waals surface area contributed by atoms with Crippen LogP contribution in [0.25, 0.3) is 11.1 Å². The second-order valence-electron chi connectivity index (χ2n) is 9.45. The van der Waals surface area contributed by atoms with E-state index in [2.05, 4.69) is 34.6 Å². The highest BCUT2D eigenvalue weighted by atomic mass is 16.2. The van der Waals surface area contributed by atoms with Gasteiger partial charge in [0.1, 0.15) is 0 Å². The van der Waals surface area contributed by atoms with Crippen LogP contribution in [0.5, 0.6) is 0 Å². The van der Waals surface area contributed by atoms with Gasteiger partial charge in [0.05, 0.1) is 5.41 Å². The number of rotatable bonds is 6. The molecule has 5 heteroatoms. The van der Waals surface area contributed by atoms with E-state index in [9.17, 15) is 9.59 Å². The predicted molar refractivity (Wildman–Crippen MR) is 127 cm³/mol. The number of aromatic nitrogens is 1. The second-order valence-corrected chi connectivity index (χ2v) is 9.45. The molecule has 1 saturated heterocycles. The lowest BCUT2D eigenvalue weighted by Gasteiger charge is -2.43. The monoisotopic (exact) mass is 433 g/mol. The van der Waals surface area contributed by atoms with Crippen molar-refractivity contribution in [3.05, 3.63) is 54.4 Å². The first-order chi connectivity index (χ1) is 15.6. The Labute approximate surface area is 191 Å². The second kappa shape index (κ2) is 10.3. The van der Waals surface area contributed by atoms with Crippen LogP contribution in [0.2, 0.25) is 0 Å². The molecule has 1 aliphatic heterocycles. The van der Waals surface area contributed by atoms with E-state index in [4.69, 9.17) is 0 Å². The minimum Gasteiger partial charge on any atom is -0.356 e. The van der Waals surface area contributed by atoms with Gasteiger partial charge in [0.2, 0.25) is 11.8 Å². The Hall–Kier alpha value is -2.69. The van der Waals surface area contributed by atoms with Crippen LogP contribution < -0.4 is 5.32 Å². The summed E-state index contributed by atoms with van der Waals surface area (Å²) in [4.78, 5) is 32.8. The van der Waals surface area contributed by atoms with Gasteiger partial charge in [0, 0.05) is 37.9 Å². The summed E-state index contributed by atoms with van der Waals surface area (Å²) >= 11 is 0. The molecule has 2 fully saturated rings. The van der Waals surface area contributed by atoms with Crippen LogP contribution >= 0.6 is 0 Å². The molecule has 5 nitrogen and oxygen atoms in total. The molecule has 32 heavy (non-hydrogen) atoms. The largest absolute Gasteiger partial charge is 0.356 e. The highest BCUT2D eigenvalue weighted by Gasteiger charge is 2.44. The number of hydrogen-bond donors (Lipinski definition) is 1. The maximum Gasteiger partial charge on any atom is 0.228 e. The van der Waals surface area contributed by atoms with Crippen molar-refractivity contribution in [3.63, 3.8) is 0 Å². The van der Waals surface area contributed by atoms with Gasteiger partial charge in [-0.25, -0.2) is 0 Å². The lowest BCUT2D eigenvalue weighted by molar-refractivity contribution is -0.145. The summed E-state index contributed by atoms with van der Waals surface area (Å²) in [6, 6.07) is 12.4. The Morgan fingerprint density at radius 2 is 1.84 bits per heavy atom. The number of likely N-dealkylation sites (tertiary alicyclic amines) is 1. The molecule has 0 bridgehead atoms. The molecular formula is C27H35N3O2. The lowest BCUT2D eigenvalue weighted by atomic mass is 9.73. The summed E-state index contributed by atoms with van der Waals surface area (Å²) < 4.78 is 0. The van der Waals surface area contributed by atoms with Gasteiger partial charge in [-0.05, 0) is 67.9 Å². The average Bonchev–Trinajstić information content (AvgIpc) is 2.85. The van der Waals surface area contributed by atoms with Gasteiger partial charge in [-0.1, -0.05) is 43.5 Å². The zero-order valence-electron chi connectivity index (χ0n) is 19.2. The fourth-order valence-electron chi connectivity index (χ4n) is 5.48. The van der Waals surface area contributed by atoms with E-state index in [0.29, 0.717) is 19.5 Å². The van der Waals surface area contributed by atoms with Gasteiger partial charge >= 0.3 is 0 Å². The Morgan fingerprint density at radius 3 is 2.59 bits per heavy atom. The van der Waals surface area contributed by atoms with Crippen LogP contribution in [0.4, 0.5) is 0 Å². The maximum absolute atomic E-state index is 13.4. The number of benzene rings is 1. The summed E-state index contributed by atoms with van der Waals surface area (Å²) in [6.07, 6.45) is 11.5. The molecule has 2 amide bonds. The third-order valence-electron chi connectivity index (χ3n) is 7.15. The van der Waals surface area contributed by atoms with Crippen LogP contribution in [0, 0.1) is 11.3 Å².